The summed E-state index contributed by atoms with van der Waals surface area (Å²) < 4.78 is 17.4. The molecule has 1 aliphatic rings. The molecular weight excluding hydrogens is 436 g/mol. The molecule has 8 heteroatoms. The second-order valence-corrected chi connectivity index (χ2v) is 16.3. The van der Waals surface area contributed by atoms with Crippen LogP contribution < -0.4 is 5.32 Å². The van der Waals surface area contributed by atoms with Crippen LogP contribution in [0.2, 0.25) is 18.1 Å². The first-order valence-corrected chi connectivity index (χ1v) is 14.7. The van der Waals surface area contributed by atoms with Crippen molar-refractivity contribution in [2.75, 3.05) is 19.7 Å². The molecule has 1 aromatic rings. The van der Waals surface area contributed by atoms with Crippen LogP contribution in [0.1, 0.15) is 53.5 Å². The van der Waals surface area contributed by atoms with Crippen molar-refractivity contribution >= 4 is 20.5 Å². The Morgan fingerprint density at radius 3 is 2.27 bits per heavy atom. The summed E-state index contributed by atoms with van der Waals surface area (Å²) in [6, 6.07) is 9.37. The van der Waals surface area contributed by atoms with Crippen molar-refractivity contribution in [2.45, 2.75) is 84.3 Å². The fourth-order valence-electron chi connectivity index (χ4n) is 3.41. The van der Waals surface area contributed by atoms with Crippen LogP contribution in [0.3, 0.4) is 0 Å². The Hall–Kier alpha value is -2.06. The molecule has 1 aliphatic heterocycles. The van der Waals surface area contributed by atoms with Crippen molar-refractivity contribution < 1.29 is 23.5 Å². The Bertz CT molecular complexity index is 786. The van der Waals surface area contributed by atoms with Crippen LogP contribution in [0.4, 0.5) is 9.59 Å². The van der Waals surface area contributed by atoms with Gasteiger partial charge in [-0.1, -0.05) is 51.1 Å². The summed E-state index contributed by atoms with van der Waals surface area (Å²) in [7, 11) is -1.93. The fraction of sp³-hybridized carbons (Fsp3) is 0.680. The van der Waals surface area contributed by atoms with Crippen molar-refractivity contribution in [3.05, 3.63) is 35.9 Å². The lowest BCUT2D eigenvalue weighted by atomic mass is 9.95. The summed E-state index contributed by atoms with van der Waals surface area (Å²) in [5.41, 5.74) is 0.349. The van der Waals surface area contributed by atoms with Gasteiger partial charge in [0.15, 0.2) is 8.32 Å². The molecule has 0 spiro atoms. The first-order chi connectivity index (χ1) is 15.2. The number of carbonyl (C=O) groups excluding carboxylic acids is 2. The van der Waals surface area contributed by atoms with E-state index in [0.29, 0.717) is 19.7 Å². The molecule has 1 saturated heterocycles. The maximum absolute atomic E-state index is 12.9. The van der Waals surface area contributed by atoms with Gasteiger partial charge in [0.1, 0.15) is 12.2 Å². The van der Waals surface area contributed by atoms with Gasteiger partial charge in [-0.05, 0) is 50.9 Å². The van der Waals surface area contributed by atoms with E-state index in [2.05, 4.69) is 39.2 Å². The van der Waals surface area contributed by atoms with Crippen LogP contribution >= 0.6 is 0 Å². The minimum Gasteiger partial charge on any atom is -0.445 e. The van der Waals surface area contributed by atoms with E-state index in [9.17, 15) is 9.59 Å². The SMILES string of the molecule is CC(C)(C)OC(=O)NC1CC(CO[Si](C)(C)C(C)(C)C)CN(C(=O)OCc2ccccc2)C1. The van der Waals surface area contributed by atoms with E-state index in [1.54, 1.807) is 4.90 Å². The van der Waals surface area contributed by atoms with Crippen LogP contribution in [0.5, 0.6) is 0 Å². The quantitative estimate of drug-likeness (QED) is 0.542. The molecule has 33 heavy (non-hydrogen) atoms. The number of ether oxygens (including phenoxy) is 2. The second-order valence-electron chi connectivity index (χ2n) is 11.5. The zero-order valence-electron chi connectivity index (χ0n) is 21.6. The predicted molar refractivity (Wildman–Crippen MR) is 133 cm³/mol. The summed E-state index contributed by atoms with van der Waals surface area (Å²) >= 11 is 0. The Morgan fingerprint density at radius 2 is 1.70 bits per heavy atom. The third-order valence-corrected chi connectivity index (χ3v) is 10.7. The Labute approximate surface area is 200 Å². The number of benzene rings is 1. The first-order valence-electron chi connectivity index (χ1n) is 11.8. The number of alkyl carbamates (subject to hydrolysis) is 1. The van der Waals surface area contributed by atoms with E-state index >= 15 is 0 Å². The van der Waals surface area contributed by atoms with Crippen LogP contribution in [-0.4, -0.2) is 56.7 Å². The highest BCUT2D eigenvalue weighted by Crippen LogP contribution is 2.37. The molecule has 0 aromatic heterocycles. The van der Waals surface area contributed by atoms with E-state index < -0.39 is 20.0 Å². The van der Waals surface area contributed by atoms with E-state index in [1.807, 2.05) is 51.1 Å². The number of piperidine rings is 1. The number of carbonyl (C=O) groups is 2. The molecule has 2 amide bonds. The zero-order chi connectivity index (χ0) is 24.9. The van der Waals surface area contributed by atoms with Crippen molar-refractivity contribution in [1.82, 2.24) is 10.2 Å². The number of nitrogens with zero attached hydrogens (tertiary/aromatic N) is 1. The molecule has 1 heterocycles. The fourth-order valence-corrected chi connectivity index (χ4v) is 4.49. The van der Waals surface area contributed by atoms with E-state index in [1.165, 1.54) is 0 Å². The molecule has 0 bridgehead atoms. The van der Waals surface area contributed by atoms with Gasteiger partial charge in [-0.3, -0.25) is 0 Å². The van der Waals surface area contributed by atoms with Gasteiger partial charge >= 0.3 is 12.2 Å². The third kappa shape index (κ3) is 9.01. The van der Waals surface area contributed by atoms with Crippen LogP contribution in [0.15, 0.2) is 30.3 Å². The van der Waals surface area contributed by atoms with Crippen molar-refractivity contribution in [3.8, 4) is 0 Å². The van der Waals surface area contributed by atoms with E-state index in [4.69, 9.17) is 13.9 Å². The molecule has 1 aromatic carbocycles. The van der Waals surface area contributed by atoms with Crippen molar-refractivity contribution in [3.63, 3.8) is 0 Å². The van der Waals surface area contributed by atoms with Gasteiger partial charge < -0.3 is 24.1 Å². The number of hydrogen-bond acceptors (Lipinski definition) is 5. The van der Waals surface area contributed by atoms with Crippen LogP contribution in [0.25, 0.3) is 0 Å². The summed E-state index contributed by atoms with van der Waals surface area (Å²) in [6.45, 7) is 18.2. The standard InChI is InChI=1S/C25H42N2O5Si/c1-24(2,3)32-22(28)26-21-14-20(18-31-33(7,8)25(4,5)6)15-27(16-21)23(29)30-17-19-12-10-9-11-13-19/h9-13,20-21H,14-18H2,1-8H3,(H,26,28). The molecule has 2 rings (SSSR count). The van der Waals surface area contributed by atoms with Gasteiger partial charge in [0.25, 0.3) is 0 Å². The maximum Gasteiger partial charge on any atom is 0.410 e. The Morgan fingerprint density at radius 1 is 1.06 bits per heavy atom. The number of likely N-dealkylation sites (tertiary alicyclic amines) is 1. The summed E-state index contributed by atoms with van der Waals surface area (Å²) in [6.07, 6.45) is -0.140. The van der Waals surface area contributed by atoms with Gasteiger partial charge in [0.2, 0.25) is 0 Å². The minimum absolute atomic E-state index is 0.0945. The molecule has 0 saturated carbocycles. The molecule has 7 nitrogen and oxygen atoms in total. The highest BCUT2D eigenvalue weighted by Gasteiger charge is 2.39. The lowest BCUT2D eigenvalue weighted by molar-refractivity contribution is 0.0373. The van der Waals surface area contributed by atoms with E-state index in [0.717, 1.165) is 12.0 Å². The molecular formula is C25H42N2O5Si. The summed E-state index contributed by atoms with van der Waals surface area (Å²) in [4.78, 5) is 26.9. The number of nitrogens with one attached hydrogen (secondary N) is 1. The highest BCUT2D eigenvalue weighted by molar-refractivity contribution is 6.74. The molecule has 186 valence electrons. The van der Waals surface area contributed by atoms with Crippen LogP contribution in [0, 0.1) is 5.92 Å². The minimum atomic E-state index is -1.93. The largest absolute Gasteiger partial charge is 0.445 e. The molecule has 2 atom stereocenters. The average Bonchev–Trinajstić information content (AvgIpc) is 2.69. The maximum atomic E-state index is 12.9. The first kappa shape index (κ1) is 27.2. The highest BCUT2D eigenvalue weighted by atomic mass is 28.4. The number of amides is 2. The van der Waals surface area contributed by atoms with Crippen molar-refractivity contribution in [2.24, 2.45) is 5.92 Å². The van der Waals surface area contributed by atoms with Gasteiger partial charge in [0.05, 0.1) is 6.04 Å². The number of hydrogen-bond donors (Lipinski definition) is 1. The smallest absolute Gasteiger partial charge is 0.410 e. The summed E-state index contributed by atoms with van der Waals surface area (Å²) in [5, 5.41) is 3.04. The molecule has 1 N–H and O–H groups in total. The normalized spacial score (nSPS) is 19.7. The van der Waals surface area contributed by atoms with Crippen LogP contribution in [-0.2, 0) is 20.5 Å². The average molecular weight is 479 g/mol. The lowest BCUT2D eigenvalue weighted by Gasteiger charge is -2.41. The molecule has 0 radical (unpaired) electrons. The topological polar surface area (TPSA) is 77.1 Å². The Kier molecular flexibility index (Phi) is 8.99. The third-order valence-electron chi connectivity index (χ3n) is 6.21. The molecule has 0 aliphatic carbocycles. The van der Waals surface area contributed by atoms with Gasteiger partial charge in [-0.25, -0.2) is 9.59 Å². The van der Waals surface area contributed by atoms with Gasteiger partial charge in [-0.2, -0.15) is 0 Å². The van der Waals surface area contributed by atoms with E-state index in [-0.39, 0.29) is 29.7 Å². The second kappa shape index (κ2) is 10.9. The Balaban J connectivity index is 2.05. The summed E-state index contributed by atoms with van der Waals surface area (Å²) in [5.74, 6) is 0.0945. The molecule has 1 fully saturated rings. The monoisotopic (exact) mass is 478 g/mol. The zero-order valence-corrected chi connectivity index (χ0v) is 22.6. The predicted octanol–water partition coefficient (Wildman–Crippen LogP) is 5.56. The van der Waals surface area contributed by atoms with Crippen molar-refractivity contribution in [1.29, 1.82) is 0 Å². The van der Waals surface area contributed by atoms with Gasteiger partial charge in [0, 0.05) is 25.6 Å². The molecule has 2 unspecified atom stereocenters. The number of rotatable bonds is 6. The van der Waals surface area contributed by atoms with Gasteiger partial charge in [-0.15, -0.1) is 0 Å². The lowest BCUT2D eigenvalue weighted by Crippen LogP contribution is -2.54.